The largest absolute Gasteiger partial charge is 0.299 e. The number of hydrogen-bond acceptors (Lipinski definition) is 2. The highest BCUT2D eigenvalue weighted by Gasteiger charge is 1.98. The maximum absolute atomic E-state index is 5.37. The van der Waals surface area contributed by atoms with Crippen molar-refractivity contribution in [2.24, 2.45) is 0 Å². The average molecular weight is 159 g/mol. The summed E-state index contributed by atoms with van der Waals surface area (Å²) in [6.45, 7) is 9.25. The second kappa shape index (κ2) is 8.02. The van der Waals surface area contributed by atoms with Crippen LogP contribution >= 0.6 is 0 Å². The molecule has 2 nitrogen and oxygen atoms in total. The molecule has 0 radical (unpaired) electrons. The van der Waals surface area contributed by atoms with Gasteiger partial charge in [-0.05, 0) is 13.3 Å². The Morgan fingerprint density at radius 1 is 1.09 bits per heavy atom. The van der Waals surface area contributed by atoms with E-state index in [4.69, 9.17) is 4.84 Å². The zero-order valence-electron chi connectivity index (χ0n) is 8.10. The van der Waals surface area contributed by atoms with Gasteiger partial charge in [0.05, 0.1) is 6.61 Å². The Balaban J connectivity index is 3.20. The van der Waals surface area contributed by atoms with E-state index in [1.165, 1.54) is 19.3 Å². The fourth-order valence-corrected chi connectivity index (χ4v) is 1.03. The molecule has 0 aromatic heterocycles. The van der Waals surface area contributed by atoms with E-state index in [0.29, 0.717) is 0 Å². The highest BCUT2D eigenvalue weighted by molar-refractivity contribution is 4.43. The van der Waals surface area contributed by atoms with Crippen LogP contribution < -0.4 is 0 Å². The van der Waals surface area contributed by atoms with Gasteiger partial charge in [-0.1, -0.05) is 26.7 Å². The van der Waals surface area contributed by atoms with Crippen LogP contribution in [0.4, 0.5) is 0 Å². The Kier molecular flexibility index (Phi) is 7.96. The van der Waals surface area contributed by atoms with E-state index in [-0.39, 0.29) is 0 Å². The highest BCUT2D eigenvalue weighted by atomic mass is 16.7. The van der Waals surface area contributed by atoms with Crippen molar-refractivity contribution in [1.29, 1.82) is 0 Å². The Morgan fingerprint density at radius 3 is 2.27 bits per heavy atom. The summed E-state index contributed by atoms with van der Waals surface area (Å²) in [6, 6.07) is 0. The SMILES string of the molecule is CCCCCN(CC)OCC. The number of rotatable bonds is 7. The van der Waals surface area contributed by atoms with Crippen LogP contribution in [0, 0.1) is 0 Å². The van der Waals surface area contributed by atoms with Gasteiger partial charge in [-0.3, -0.25) is 4.84 Å². The van der Waals surface area contributed by atoms with Crippen LogP contribution in [0.15, 0.2) is 0 Å². The van der Waals surface area contributed by atoms with Gasteiger partial charge in [0.25, 0.3) is 0 Å². The van der Waals surface area contributed by atoms with Crippen LogP contribution in [0.5, 0.6) is 0 Å². The van der Waals surface area contributed by atoms with Crippen molar-refractivity contribution in [3.8, 4) is 0 Å². The molecule has 0 rings (SSSR count). The Hall–Kier alpha value is -0.0800. The van der Waals surface area contributed by atoms with Crippen molar-refractivity contribution in [1.82, 2.24) is 5.06 Å². The summed E-state index contributed by atoms with van der Waals surface area (Å²) in [5.74, 6) is 0. The summed E-state index contributed by atoms with van der Waals surface area (Å²) in [4.78, 5) is 5.37. The van der Waals surface area contributed by atoms with Crippen molar-refractivity contribution < 1.29 is 4.84 Å². The quantitative estimate of drug-likeness (QED) is 0.418. The second-order valence-corrected chi connectivity index (χ2v) is 2.65. The molecule has 0 unspecified atom stereocenters. The van der Waals surface area contributed by atoms with Gasteiger partial charge >= 0.3 is 0 Å². The molecule has 0 saturated heterocycles. The molecular weight excluding hydrogens is 138 g/mol. The van der Waals surface area contributed by atoms with Crippen LogP contribution in [0.25, 0.3) is 0 Å². The fraction of sp³-hybridized carbons (Fsp3) is 1.00. The van der Waals surface area contributed by atoms with Gasteiger partial charge in [0.2, 0.25) is 0 Å². The van der Waals surface area contributed by atoms with E-state index >= 15 is 0 Å². The molecule has 0 aliphatic rings. The molecule has 0 amide bonds. The third kappa shape index (κ3) is 6.32. The van der Waals surface area contributed by atoms with Gasteiger partial charge in [0, 0.05) is 13.1 Å². The van der Waals surface area contributed by atoms with Crippen molar-refractivity contribution in [2.45, 2.75) is 40.0 Å². The average Bonchev–Trinajstić information content (AvgIpc) is 2.03. The molecule has 11 heavy (non-hydrogen) atoms. The van der Waals surface area contributed by atoms with Gasteiger partial charge < -0.3 is 0 Å². The third-order valence-electron chi connectivity index (χ3n) is 1.68. The summed E-state index contributed by atoms with van der Waals surface area (Å²) in [5, 5.41) is 2.04. The lowest BCUT2D eigenvalue weighted by atomic mass is 10.2. The third-order valence-corrected chi connectivity index (χ3v) is 1.68. The first-order valence-electron chi connectivity index (χ1n) is 4.73. The molecule has 0 atom stereocenters. The molecule has 0 fully saturated rings. The van der Waals surface area contributed by atoms with E-state index in [1.54, 1.807) is 0 Å². The van der Waals surface area contributed by atoms with E-state index < -0.39 is 0 Å². The molecular formula is C9H21NO. The monoisotopic (exact) mass is 159 g/mol. The molecule has 2 heteroatoms. The maximum Gasteiger partial charge on any atom is 0.0656 e. The Bertz CT molecular complexity index is 76.0. The predicted molar refractivity (Wildman–Crippen MR) is 48.4 cm³/mol. The lowest BCUT2D eigenvalue weighted by Crippen LogP contribution is -2.24. The molecule has 0 aliphatic carbocycles. The number of unbranched alkanes of at least 4 members (excludes halogenated alkanes) is 2. The summed E-state index contributed by atoms with van der Waals surface area (Å²) in [6.07, 6.45) is 3.84. The number of nitrogens with zero attached hydrogens (tertiary/aromatic N) is 1. The van der Waals surface area contributed by atoms with Crippen LogP contribution in [0.3, 0.4) is 0 Å². The minimum absolute atomic E-state index is 0.792. The minimum atomic E-state index is 0.792. The topological polar surface area (TPSA) is 12.5 Å². The number of hydrogen-bond donors (Lipinski definition) is 0. The lowest BCUT2D eigenvalue weighted by molar-refractivity contribution is -0.151. The molecule has 0 aromatic carbocycles. The van der Waals surface area contributed by atoms with E-state index in [0.717, 1.165) is 19.7 Å². The van der Waals surface area contributed by atoms with Gasteiger partial charge in [-0.15, -0.1) is 0 Å². The first kappa shape index (κ1) is 10.9. The minimum Gasteiger partial charge on any atom is -0.299 e. The first-order chi connectivity index (χ1) is 5.35. The number of hydroxylamine groups is 2. The summed E-state index contributed by atoms with van der Waals surface area (Å²) in [5.41, 5.74) is 0. The van der Waals surface area contributed by atoms with E-state index in [1.807, 2.05) is 12.0 Å². The van der Waals surface area contributed by atoms with Crippen LogP contribution in [0.1, 0.15) is 40.0 Å². The Morgan fingerprint density at radius 2 is 1.82 bits per heavy atom. The smallest absolute Gasteiger partial charge is 0.0656 e. The van der Waals surface area contributed by atoms with Crippen molar-refractivity contribution >= 4 is 0 Å². The molecule has 0 bridgehead atoms. The van der Waals surface area contributed by atoms with Gasteiger partial charge in [-0.2, -0.15) is 5.06 Å². The van der Waals surface area contributed by atoms with Gasteiger partial charge in [0.15, 0.2) is 0 Å². The summed E-state index contributed by atoms with van der Waals surface area (Å²) in [7, 11) is 0. The van der Waals surface area contributed by atoms with E-state index in [9.17, 15) is 0 Å². The zero-order valence-corrected chi connectivity index (χ0v) is 8.10. The maximum atomic E-state index is 5.37. The fourth-order valence-electron chi connectivity index (χ4n) is 1.03. The molecule has 0 heterocycles. The van der Waals surface area contributed by atoms with Crippen LogP contribution in [-0.4, -0.2) is 24.8 Å². The van der Waals surface area contributed by atoms with Crippen molar-refractivity contribution in [2.75, 3.05) is 19.7 Å². The van der Waals surface area contributed by atoms with Crippen molar-refractivity contribution in [3.63, 3.8) is 0 Å². The van der Waals surface area contributed by atoms with Crippen LogP contribution in [-0.2, 0) is 4.84 Å². The van der Waals surface area contributed by atoms with E-state index in [2.05, 4.69) is 13.8 Å². The lowest BCUT2D eigenvalue weighted by Gasteiger charge is -2.18. The normalized spacial score (nSPS) is 10.9. The molecule has 68 valence electrons. The van der Waals surface area contributed by atoms with Gasteiger partial charge in [0.1, 0.15) is 0 Å². The molecule has 0 spiro atoms. The molecule has 0 saturated carbocycles. The summed E-state index contributed by atoms with van der Waals surface area (Å²) < 4.78 is 0. The Labute approximate surface area is 70.5 Å². The highest BCUT2D eigenvalue weighted by Crippen LogP contribution is 1.98. The van der Waals surface area contributed by atoms with Crippen molar-refractivity contribution in [3.05, 3.63) is 0 Å². The zero-order chi connectivity index (χ0) is 8.53. The standard InChI is InChI=1S/C9H21NO/c1-4-7-8-9-10(5-2)11-6-3/h4-9H2,1-3H3. The summed E-state index contributed by atoms with van der Waals surface area (Å²) >= 11 is 0. The predicted octanol–water partition coefficient (Wildman–Crippen LogP) is 2.45. The first-order valence-corrected chi connectivity index (χ1v) is 4.73. The molecule has 0 aromatic rings. The van der Waals surface area contributed by atoms with Gasteiger partial charge in [-0.25, -0.2) is 0 Å². The van der Waals surface area contributed by atoms with Crippen LogP contribution in [0.2, 0.25) is 0 Å². The molecule has 0 aliphatic heterocycles. The second-order valence-electron chi connectivity index (χ2n) is 2.65. The molecule has 0 N–H and O–H groups in total.